The Morgan fingerprint density at radius 1 is 1.23 bits per heavy atom. The Bertz CT molecular complexity index is 305. The Labute approximate surface area is 77.2 Å². The third-order valence-electron chi connectivity index (χ3n) is 2.82. The molecule has 0 aliphatic heterocycles. The molecular weight excluding hydrogens is 164 g/mol. The van der Waals surface area contributed by atoms with Crippen molar-refractivity contribution in [3.8, 4) is 0 Å². The number of carboxylic acid groups (broad SMARTS) is 1. The third kappa shape index (κ3) is 1.44. The highest BCUT2D eigenvalue weighted by atomic mass is 16.4. The van der Waals surface area contributed by atoms with Crippen molar-refractivity contribution in [3.05, 3.63) is 35.9 Å². The van der Waals surface area contributed by atoms with E-state index in [1.807, 2.05) is 30.3 Å². The maximum Gasteiger partial charge on any atom is 0.307 e. The summed E-state index contributed by atoms with van der Waals surface area (Å²) in [5, 5.41) is 8.86. The van der Waals surface area contributed by atoms with E-state index in [0.717, 1.165) is 12.8 Å². The summed E-state index contributed by atoms with van der Waals surface area (Å²) < 4.78 is 0. The van der Waals surface area contributed by atoms with Crippen molar-refractivity contribution in [1.82, 2.24) is 0 Å². The van der Waals surface area contributed by atoms with Gasteiger partial charge in [-0.2, -0.15) is 0 Å². The molecule has 13 heavy (non-hydrogen) atoms. The number of rotatable bonds is 2. The summed E-state index contributed by atoms with van der Waals surface area (Å²) >= 11 is 0. The van der Waals surface area contributed by atoms with Crippen LogP contribution in [0.5, 0.6) is 0 Å². The quantitative estimate of drug-likeness (QED) is 0.750. The molecule has 68 valence electrons. The van der Waals surface area contributed by atoms with Crippen molar-refractivity contribution in [1.29, 1.82) is 0 Å². The Morgan fingerprint density at radius 3 is 2.38 bits per heavy atom. The van der Waals surface area contributed by atoms with Crippen LogP contribution in [0.1, 0.15) is 24.3 Å². The highest BCUT2D eigenvalue weighted by molar-refractivity contribution is 5.72. The van der Waals surface area contributed by atoms with E-state index in [2.05, 4.69) is 0 Å². The topological polar surface area (TPSA) is 37.3 Å². The van der Waals surface area contributed by atoms with Crippen LogP contribution in [0.2, 0.25) is 0 Å². The lowest BCUT2D eigenvalue weighted by Crippen LogP contribution is -2.30. The monoisotopic (exact) mass is 176 g/mol. The third-order valence-corrected chi connectivity index (χ3v) is 2.82. The second kappa shape index (κ2) is 3.21. The van der Waals surface area contributed by atoms with Crippen molar-refractivity contribution in [2.24, 2.45) is 5.92 Å². The first kappa shape index (κ1) is 8.30. The largest absolute Gasteiger partial charge is 0.481 e. The lowest BCUT2D eigenvalue weighted by atomic mass is 9.70. The van der Waals surface area contributed by atoms with Gasteiger partial charge in [0.2, 0.25) is 0 Å². The van der Waals surface area contributed by atoms with Gasteiger partial charge in [0.25, 0.3) is 0 Å². The maximum atomic E-state index is 10.8. The molecule has 2 atom stereocenters. The van der Waals surface area contributed by atoms with Crippen LogP contribution in [0.4, 0.5) is 0 Å². The van der Waals surface area contributed by atoms with Crippen molar-refractivity contribution in [2.45, 2.75) is 18.8 Å². The number of hydrogen-bond acceptors (Lipinski definition) is 1. The summed E-state index contributed by atoms with van der Waals surface area (Å²) in [7, 11) is 0. The zero-order chi connectivity index (χ0) is 9.26. The Morgan fingerprint density at radius 2 is 1.92 bits per heavy atom. The van der Waals surface area contributed by atoms with E-state index < -0.39 is 5.97 Å². The standard InChI is InChI=1S/C11H12O2/c12-11(13)10-7-6-9(10)8-4-2-1-3-5-8/h1-5,9-10H,6-7H2,(H,12,13)/t9-,10-/m1/s1. The zero-order valence-corrected chi connectivity index (χ0v) is 7.31. The lowest BCUT2D eigenvalue weighted by molar-refractivity contribution is -0.145. The first-order chi connectivity index (χ1) is 6.29. The molecule has 1 aliphatic carbocycles. The lowest BCUT2D eigenvalue weighted by Gasteiger charge is -2.33. The number of hydrogen-bond donors (Lipinski definition) is 1. The minimum atomic E-state index is -0.653. The molecule has 2 heteroatoms. The maximum absolute atomic E-state index is 10.8. The van der Waals surface area contributed by atoms with Gasteiger partial charge in [-0.25, -0.2) is 0 Å². The highest BCUT2D eigenvalue weighted by Crippen LogP contribution is 2.42. The van der Waals surface area contributed by atoms with Gasteiger partial charge in [-0.05, 0) is 24.3 Å². The molecule has 1 fully saturated rings. The number of carbonyl (C=O) groups is 1. The van der Waals surface area contributed by atoms with Gasteiger partial charge in [-0.15, -0.1) is 0 Å². The van der Waals surface area contributed by atoms with Crippen LogP contribution in [0.15, 0.2) is 30.3 Å². The molecule has 1 saturated carbocycles. The second-order valence-corrected chi connectivity index (χ2v) is 3.54. The average Bonchev–Trinajstić information content (AvgIpc) is 2.02. The Hall–Kier alpha value is -1.31. The zero-order valence-electron chi connectivity index (χ0n) is 7.31. The fourth-order valence-corrected chi connectivity index (χ4v) is 1.89. The van der Waals surface area contributed by atoms with Crippen molar-refractivity contribution in [3.63, 3.8) is 0 Å². The van der Waals surface area contributed by atoms with Crippen LogP contribution < -0.4 is 0 Å². The van der Waals surface area contributed by atoms with E-state index in [-0.39, 0.29) is 11.8 Å². The van der Waals surface area contributed by atoms with Gasteiger partial charge in [0.15, 0.2) is 0 Å². The van der Waals surface area contributed by atoms with Crippen LogP contribution in [-0.4, -0.2) is 11.1 Å². The van der Waals surface area contributed by atoms with Gasteiger partial charge in [0.05, 0.1) is 5.92 Å². The van der Waals surface area contributed by atoms with Crippen molar-refractivity contribution < 1.29 is 9.90 Å². The summed E-state index contributed by atoms with van der Waals surface area (Å²) in [4.78, 5) is 10.8. The SMILES string of the molecule is O=C(O)[C@@H]1CC[C@@H]1c1ccccc1. The number of carboxylic acids is 1. The summed E-state index contributed by atoms with van der Waals surface area (Å²) in [5.74, 6) is -0.554. The van der Waals surface area contributed by atoms with Crippen LogP contribution >= 0.6 is 0 Å². The van der Waals surface area contributed by atoms with E-state index in [1.54, 1.807) is 0 Å². The Balaban J connectivity index is 2.15. The minimum Gasteiger partial charge on any atom is -0.481 e. The van der Waals surface area contributed by atoms with Crippen molar-refractivity contribution in [2.75, 3.05) is 0 Å². The van der Waals surface area contributed by atoms with E-state index in [4.69, 9.17) is 5.11 Å². The van der Waals surface area contributed by atoms with Gasteiger partial charge >= 0.3 is 5.97 Å². The number of aliphatic carboxylic acids is 1. The molecule has 0 saturated heterocycles. The Kier molecular flexibility index (Phi) is 2.05. The molecule has 0 amide bonds. The van der Waals surface area contributed by atoms with E-state index in [0.29, 0.717) is 0 Å². The molecule has 2 rings (SSSR count). The predicted molar refractivity (Wildman–Crippen MR) is 49.5 cm³/mol. The fraction of sp³-hybridized carbons (Fsp3) is 0.364. The summed E-state index contributed by atoms with van der Waals surface area (Å²) in [6.45, 7) is 0. The molecular formula is C11H12O2. The first-order valence-corrected chi connectivity index (χ1v) is 4.57. The van der Waals surface area contributed by atoms with Crippen LogP contribution in [0.3, 0.4) is 0 Å². The van der Waals surface area contributed by atoms with Crippen LogP contribution in [0.25, 0.3) is 0 Å². The average molecular weight is 176 g/mol. The molecule has 0 aromatic heterocycles. The molecule has 0 spiro atoms. The molecule has 1 aliphatic rings. The minimum absolute atomic E-state index is 0.151. The molecule has 0 radical (unpaired) electrons. The van der Waals surface area contributed by atoms with Gasteiger partial charge in [0.1, 0.15) is 0 Å². The fourth-order valence-electron chi connectivity index (χ4n) is 1.89. The molecule has 2 nitrogen and oxygen atoms in total. The second-order valence-electron chi connectivity index (χ2n) is 3.54. The first-order valence-electron chi connectivity index (χ1n) is 4.57. The van der Waals surface area contributed by atoms with Gasteiger partial charge < -0.3 is 5.11 Å². The van der Waals surface area contributed by atoms with Gasteiger partial charge in [-0.1, -0.05) is 30.3 Å². The molecule has 1 aromatic rings. The molecule has 0 unspecified atom stereocenters. The van der Waals surface area contributed by atoms with Crippen LogP contribution in [0, 0.1) is 5.92 Å². The van der Waals surface area contributed by atoms with Gasteiger partial charge in [0, 0.05) is 0 Å². The number of benzene rings is 1. The molecule has 0 heterocycles. The molecule has 0 bridgehead atoms. The van der Waals surface area contributed by atoms with E-state index >= 15 is 0 Å². The van der Waals surface area contributed by atoms with Crippen LogP contribution in [-0.2, 0) is 4.79 Å². The van der Waals surface area contributed by atoms with Gasteiger partial charge in [-0.3, -0.25) is 4.79 Å². The molecule has 1 aromatic carbocycles. The summed E-state index contributed by atoms with van der Waals surface area (Å²) in [5.41, 5.74) is 1.17. The normalized spacial score (nSPS) is 26.5. The van der Waals surface area contributed by atoms with E-state index in [9.17, 15) is 4.79 Å². The predicted octanol–water partition coefficient (Wildman–Crippen LogP) is 2.26. The summed E-state index contributed by atoms with van der Waals surface area (Å²) in [6.07, 6.45) is 1.84. The highest BCUT2D eigenvalue weighted by Gasteiger charge is 2.37. The summed E-state index contributed by atoms with van der Waals surface area (Å²) in [6, 6.07) is 9.91. The molecule has 1 N–H and O–H groups in total. The van der Waals surface area contributed by atoms with E-state index in [1.165, 1.54) is 5.56 Å². The van der Waals surface area contributed by atoms with Crippen molar-refractivity contribution >= 4 is 5.97 Å². The smallest absolute Gasteiger partial charge is 0.307 e.